The number of aromatic carboxylic acids is 1. The van der Waals surface area contributed by atoms with Crippen molar-refractivity contribution in [1.29, 1.82) is 0 Å². The molecule has 0 amide bonds. The molecule has 0 spiro atoms. The number of carboxylic acid groups (broad SMARTS) is 1. The Hall–Kier alpha value is -1.86. The topological polar surface area (TPSA) is 46.5 Å². The molecule has 0 saturated heterocycles. The molecular weight excluding hydrogens is 211 g/mol. The van der Waals surface area contributed by atoms with Crippen molar-refractivity contribution in [2.75, 3.05) is 6.61 Å². The summed E-state index contributed by atoms with van der Waals surface area (Å²) in [4.78, 5) is 10.8. The maximum Gasteiger partial charge on any atom is 0.336 e. The van der Waals surface area contributed by atoms with Crippen molar-refractivity contribution in [2.24, 2.45) is 0 Å². The first-order valence-electron chi connectivity index (χ1n) is 4.68. The third-order valence-corrected chi connectivity index (χ3v) is 1.95. The molecule has 1 rings (SSSR count). The first-order valence-corrected chi connectivity index (χ1v) is 4.68. The summed E-state index contributed by atoms with van der Waals surface area (Å²) in [6.07, 6.45) is 5.49. The van der Waals surface area contributed by atoms with Gasteiger partial charge in [0.2, 0.25) is 0 Å². The van der Waals surface area contributed by atoms with E-state index in [2.05, 4.69) is 5.92 Å². The monoisotopic (exact) mass is 222 g/mol. The molecule has 0 saturated carbocycles. The van der Waals surface area contributed by atoms with Crippen LogP contribution >= 0.6 is 0 Å². The molecule has 16 heavy (non-hydrogen) atoms. The Balaban J connectivity index is 2.72. The fourth-order valence-electron chi connectivity index (χ4n) is 1.19. The third kappa shape index (κ3) is 3.37. The smallest absolute Gasteiger partial charge is 0.336 e. The number of carbonyl (C=O) groups is 1. The summed E-state index contributed by atoms with van der Waals surface area (Å²) in [6, 6.07) is 3.57. The first-order chi connectivity index (χ1) is 7.65. The molecule has 0 aliphatic carbocycles. The minimum Gasteiger partial charge on any atom is -0.478 e. The molecule has 0 aliphatic heterocycles. The van der Waals surface area contributed by atoms with Crippen molar-refractivity contribution >= 4 is 5.97 Å². The normalized spacial score (nSPS) is 9.75. The van der Waals surface area contributed by atoms with Crippen molar-refractivity contribution in [3.05, 3.63) is 35.1 Å². The zero-order valence-corrected chi connectivity index (χ0v) is 8.57. The van der Waals surface area contributed by atoms with E-state index in [-0.39, 0.29) is 12.2 Å². The van der Waals surface area contributed by atoms with Gasteiger partial charge in [0, 0.05) is 6.42 Å². The second-order valence-electron chi connectivity index (χ2n) is 3.11. The van der Waals surface area contributed by atoms with Gasteiger partial charge in [-0.15, -0.1) is 12.3 Å². The van der Waals surface area contributed by atoms with Crippen LogP contribution in [-0.2, 0) is 11.3 Å². The molecule has 84 valence electrons. The van der Waals surface area contributed by atoms with Gasteiger partial charge in [-0.3, -0.25) is 0 Å². The number of rotatable bonds is 5. The summed E-state index contributed by atoms with van der Waals surface area (Å²) in [5.74, 6) is 0.649. The Kier molecular flexibility index (Phi) is 4.49. The van der Waals surface area contributed by atoms with Crippen molar-refractivity contribution in [3.8, 4) is 12.3 Å². The number of ether oxygens (including phenoxy) is 1. The van der Waals surface area contributed by atoms with E-state index in [9.17, 15) is 9.18 Å². The number of hydrogen-bond acceptors (Lipinski definition) is 2. The second kappa shape index (κ2) is 5.89. The Morgan fingerprint density at radius 3 is 2.94 bits per heavy atom. The average Bonchev–Trinajstić information content (AvgIpc) is 2.26. The molecule has 4 heteroatoms. The lowest BCUT2D eigenvalue weighted by Gasteiger charge is -2.06. The summed E-state index contributed by atoms with van der Waals surface area (Å²) in [6.45, 7) is 0.469. The Labute approximate surface area is 92.9 Å². The minimum absolute atomic E-state index is 0.0827. The Morgan fingerprint density at radius 1 is 1.56 bits per heavy atom. The van der Waals surface area contributed by atoms with Gasteiger partial charge in [0.1, 0.15) is 5.82 Å². The summed E-state index contributed by atoms with van der Waals surface area (Å²) in [5, 5.41) is 8.84. The lowest BCUT2D eigenvalue weighted by Crippen LogP contribution is -2.05. The third-order valence-electron chi connectivity index (χ3n) is 1.95. The minimum atomic E-state index is -1.17. The summed E-state index contributed by atoms with van der Waals surface area (Å²) in [5.41, 5.74) is 0.353. The quantitative estimate of drug-likeness (QED) is 0.612. The van der Waals surface area contributed by atoms with Crippen molar-refractivity contribution in [1.82, 2.24) is 0 Å². The molecule has 1 aromatic carbocycles. The molecule has 0 heterocycles. The highest BCUT2D eigenvalue weighted by Gasteiger charge is 2.10. The van der Waals surface area contributed by atoms with E-state index in [0.717, 1.165) is 6.07 Å². The molecule has 1 N–H and O–H groups in total. The van der Waals surface area contributed by atoms with Crippen LogP contribution in [0.25, 0.3) is 0 Å². The molecular formula is C12H11FO3. The Morgan fingerprint density at radius 2 is 2.31 bits per heavy atom. The van der Waals surface area contributed by atoms with Gasteiger partial charge in [0.25, 0.3) is 0 Å². The largest absolute Gasteiger partial charge is 0.478 e. The van der Waals surface area contributed by atoms with Crippen LogP contribution in [-0.4, -0.2) is 17.7 Å². The van der Waals surface area contributed by atoms with Gasteiger partial charge in [-0.05, 0) is 17.7 Å². The second-order valence-corrected chi connectivity index (χ2v) is 3.11. The van der Waals surface area contributed by atoms with E-state index in [1.165, 1.54) is 12.1 Å². The van der Waals surface area contributed by atoms with Crippen LogP contribution in [0.15, 0.2) is 18.2 Å². The van der Waals surface area contributed by atoms with E-state index < -0.39 is 11.8 Å². The van der Waals surface area contributed by atoms with Crippen LogP contribution in [0.4, 0.5) is 4.39 Å². The predicted octanol–water partition coefficient (Wildman–Crippen LogP) is 2.06. The van der Waals surface area contributed by atoms with Gasteiger partial charge >= 0.3 is 5.97 Å². The van der Waals surface area contributed by atoms with Crippen LogP contribution < -0.4 is 0 Å². The summed E-state index contributed by atoms with van der Waals surface area (Å²) >= 11 is 0. The standard InChI is InChI=1S/C12H11FO3/c1-2-3-6-16-8-9-4-5-10(13)7-11(9)12(14)15/h1,4-5,7H,3,6,8H2,(H,14,15). The summed E-state index contributed by atoms with van der Waals surface area (Å²) < 4.78 is 18.0. The Bertz CT molecular complexity index is 421. The van der Waals surface area contributed by atoms with Gasteiger partial charge < -0.3 is 9.84 Å². The fourth-order valence-corrected chi connectivity index (χ4v) is 1.19. The van der Waals surface area contributed by atoms with Crippen molar-refractivity contribution in [3.63, 3.8) is 0 Å². The van der Waals surface area contributed by atoms with E-state index in [1.807, 2.05) is 0 Å². The molecule has 0 aromatic heterocycles. The van der Waals surface area contributed by atoms with E-state index in [1.54, 1.807) is 0 Å². The zero-order valence-electron chi connectivity index (χ0n) is 8.57. The lowest BCUT2D eigenvalue weighted by molar-refractivity contribution is 0.0687. The van der Waals surface area contributed by atoms with Crippen molar-refractivity contribution in [2.45, 2.75) is 13.0 Å². The van der Waals surface area contributed by atoms with Gasteiger partial charge in [-0.2, -0.15) is 0 Å². The van der Waals surface area contributed by atoms with Gasteiger partial charge in [0.05, 0.1) is 18.8 Å². The number of benzene rings is 1. The first kappa shape index (κ1) is 12.2. The zero-order chi connectivity index (χ0) is 12.0. The maximum atomic E-state index is 12.8. The molecule has 0 atom stereocenters. The highest BCUT2D eigenvalue weighted by atomic mass is 19.1. The molecule has 3 nitrogen and oxygen atoms in total. The van der Waals surface area contributed by atoms with Crippen LogP contribution in [0.5, 0.6) is 0 Å². The highest BCUT2D eigenvalue weighted by Crippen LogP contribution is 2.12. The average molecular weight is 222 g/mol. The fraction of sp³-hybridized carbons (Fsp3) is 0.250. The number of terminal acetylenes is 1. The predicted molar refractivity (Wildman–Crippen MR) is 56.5 cm³/mol. The maximum absolute atomic E-state index is 12.8. The van der Waals surface area contributed by atoms with Gasteiger partial charge in [-0.1, -0.05) is 6.07 Å². The SMILES string of the molecule is C#CCCOCc1ccc(F)cc1C(=O)O. The number of halogens is 1. The van der Waals surface area contributed by atoms with Crippen LogP contribution in [0.1, 0.15) is 22.3 Å². The lowest BCUT2D eigenvalue weighted by atomic mass is 10.1. The van der Waals surface area contributed by atoms with E-state index in [4.69, 9.17) is 16.3 Å². The van der Waals surface area contributed by atoms with Gasteiger partial charge in [-0.25, -0.2) is 9.18 Å². The number of carboxylic acids is 1. The molecule has 0 bridgehead atoms. The molecule has 0 fully saturated rings. The van der Waals surface area contributed by atoms with Gasteiger partial charge in [0.15, 0.2) is 0 Å². The van der Waals surface area contributed by atoms with E-state index in [0.29, 0.717) is 18.6 Å². The number of hydrogen-bond donors (Lipinski definition) is 1. The molecule has 0 radical (unpaired) electrons. The van der Waals surface area contributed by atoms with Crippen LogP contribution in [0, 0.1) is 18.2 Å². The molecule has 0 aliphatic rings. The van der Waals surface area contributed by atoms with Crippen molar-refractivity contribution < 1.29 is 19.0 Å². The van der Waals surface area contributed by atoms with E-state index >= 15 is 0 Å². The highest BCUT2D eigenvalue weighted by molar-refractivity contribution is 5.89. The van der Waals surface area contributed by atoms with Crippen LogP contribution in [0.2, 0.25) is 0 Å². The molecule has 0 unspecified atom stereocenters. The summed E-state index contributed by atoms with van der Waals surface area (Å²) in [7, 11) is 0. The molecule has 1 aromatic rings. The van der Waals surface area contributed by atoms with Crippen LogP contribution in [0.3, 0.4) is 0 Å².